The fourth-order valence-corrected chi connectivity index (χ4v) is 2.10. The Hall–Kier alpha value is -0.610. The number of aliphatic hydroxyl groups is 1. The van der Waals surface area contributed by atoms with Gasteiger partial charge in [-0.1, -0.05) is 6.42 Å². The molecule has 2 atom stereocenters. The maximum absolute atomic E-state index is 10.8. The lowest BCUT2D eigenvalue weighted by Gasteiger charge is -2.15. The maximum Gasteiger partial charge on any atom is 0.306 e. The minimum absolute atomic E-state index is 0.156. The van der Waals surface area contributed by atoms with E-state index in [1.807, 2.05) is 0 Å². The Morgan fingerprint density at radius 1 is 1.43 bits per heavy atom. The summed E-state index contributed by atoms with van der Waals surface area (Å²) in [7, 11) is 0. The van der Waals surface area contributed by atoms with Gasteiger partial charge in [-0.2, -0.15) is 0 Å². The number of carbonyl (C=O) groups is 1. The molecule has 1 rings (SSSR count). The highest BCUT2D eigenvalue weighted by molar-refractivity contribution is 5.70. The second kappa shape index (κ2) is 5.98. The summed E-state index contributed by atoms with van der Waals surface area (Å²) in [6.07, 6.45) is 3.61. The standard InChI is InChI=1S/C10H19NO3/c12-6-2-5-11-7-8-3-1-4-9(8)10(13)14/h8-9,11-12H,1-7H2,(H,13,14). The van der Waals surface area contributed by atoms with Gasteiger partial charge in [0.1, 0.15) is 0 Å². The fourth-order valence-electron chi connectivity index (χ4n) is 2.10. The molecule has 82 valence electrons. The molecule has 0 bridgehead atoms. The molecule has 0 radical (unpaired) electrons. The largest absolute Gasteiger partial charge is 0.481 e. The Bertz CT molecular complexity index is 184. The Morgan fingerprint density at radius 3 is 2.86 bits per heavy atom. The molecule has 2 unspecified atom stereocenters. The molecule has 4 nitrogen and oxygen atoms in total. The lowest BCUT2D eigenvalue weighted by Crippen LogP contribution is -2.29. The van der Waals surface area contributed by atoms with Gasteiger partial charge in [0.25, 0.3) is 0 Å². The minimum Gasteiger partial charge on any atom is -0.481 e. The first-order chi connectivity index (χ1) is 6.75. The van der Waals surface area contributed by atoms with E-state index in [4.69, 9.17) is 10.2 Å². The third kappa shape index (κ3) is 3.27. The van der Waals surface area contributed by atoms with Crippen LogP contribution >= 0.6 is 0 Å². The van der Waals surface area contributed by atoms with Crippen LogP contribution in [0.25, 0.3) is 0 Å². The van der Waals surface area contributed by atoms with Crippen molar-refractivity contribution in [1.29, 1.82) is 0 Å². The molecule has 14 heavy (non-hydrogen) atoms. The van der Waals surface area contributed by atoms with Crippen LogP contribution < -0.4 is 5.32 Å². The summed E-state index contributed by atoms with van der Waals surface area (Å²) in [6, 6.07) is 0. The van der Waals surface area contributed by atoms with Gasteiger partial charge in [0.15, 0.2) is 0 Å². The molecule has 0 heterocycles. The van der Waals surface area contributed by atoms with E-state index in [0.29, 0.717) is 0 Å². The summed E-state index contributed by atoms with van der Waals surface area (Å²) < 4.78 is 0. The lowest BCUT2D eigenvalue weighted by atomic mass is 9.96. The summed E-state index contributed by atoms with van der Waals surface area (Å²) in [5.41, 5.74) is 0. The highest BCUT2D eigenvalue weighted by Crippen LogP contribution is 2.31. The number of carboxylic acid groups (broad SMARTS) is 1. The quantitative estimate of drug-likeness (QED) is 0.546. The van der Waals surface area contributed by atoms with Gasteiger partial charge in [-0.05, 0) is 38.3 Å². The molecule has 1 fully saturated rings. The average molecular weight is 201 g/mol. The summed E-state index contributed by atoms with van der Waals surface area (Å²) in [6.45, 7) is 1.75. The summed E-state index contributed by atoms with van der Waals surface area (Å²) >= 11 is 0. The number of aliphatic hydroxyl groups excluding tert-OH is 1. The number of hydrogen-bond acceptors (Lipinski definition) is 3. The van der Waals surface area contributed by atoms with Crippen LogP contribution in [0, 0.1) is 11.8 Å². The molecule has 0 aromatic heterocycles. The van der Waals surface area contributed by atoms with Crippen LogP contribution in [0.2, 0.25) is 0 Å². The van der Waals surface area contributed by atoms with E-state index in [9.17, 15) is 4.79 Å². The van der Waals surface area contributed by atoms with Crippen LogP contribution in [-0.4, -0.2) is 35.9 Å². The van der Waals surface area contributed by atoms with Crippen molar-refractivity contribution in [3.05, 3.63) is 0 Å². The van der Waals surface area contributed by atoms with Crippen molar-refractivity contribution in [1.82, 2.24) is 5.32 Å². The average Bonchev–Trinajstić information content (AvgIpc) is 2.60. The van der Waals surface area contributed by atoms with Crippen molar-refractivity contribution in [3.63, 3.8) is 0 Å². The summed E-state index contributed by atoms with van der Waals surface area (Å²) in [4.78, 5) is 10.8. The van der Waals surface area contributed by atoms with Crippen molar-refractivity contribution in [3.8, 4) is 0 Å². The van der Waals surface area contributed by atoms with E-state index < -0.39 is 5.97 Å². The monoisotopic (exact) mass is 201 g/mol. The Balaban J connectivity index is 2.19. The van der Waals surface area contributed by atoms with Crippen LogP contribution in [0.3, 0.4) is 0 Å². The molecule has 0 spiro atoms. The predicted octanol–water partition coefficient (Wildman–Crippen LogP) is 0.459. The van der Waals surface area contributed by atoms with Crippen LogP contribution in [0.1, 0.15) is 25.7 Å². The molecular weight excluding hydrogens is 182 g/mol. The van der Waals surface area contributed by atoms with Crippen LogP contribution in [0.4, 0.5) is 0 Å². The second-order valence-electron chi connectivity index (χ2n) is 3.92. The molecule has 0 amide bonds. The Kier molecular flexibility index (Phi) is 4.90. The van der Waals surface area contributed by atoms with E-state index in [0.717, 1.165) is 38.8 Å². The molecule has 0 aromatic carbocycles. The molecule has 1 aliphatic rings. The van der Waals surface area contributed by atoms with Gasteiger partial charge in [0, 0.05) is 6.61 Å². The first-order valence-electron chi connectivity index (χ1n) is 5.30. The third-order valence-corrected chi connectivity index (χ3v) is 2.89. The van der Waals surface area contributed by atoms with Crippen molar-refractivity contribution in [2.24, 2.45) is 11.8 Å². The van der Waals surface area contributed by atoms with Crippen LogP contribution in [-0.2, 0) is 4.79 Å². The number of rotatable bonds is 6. The van der Waals surface area contributed by atoms with E-state index in [1.165, 1.54) is 0 Å². The number of nitrogens with one attached hydrogen (secondary N) is 1. The van der Waals surface area contributed by atoms with Gasteiger partial charge in [-0.25, -0.2) is 0 Å². The number of carboxylic acids is 1. The minimum atomic E-state index is -0.656. The normalized spacial score (nSPS) is 26.6. The van der Waals surface area contributed by atoms with Gasteiger partial charge in [-0.3, -0.25) is 4.79 Å². The number of hydrogen-bond donors (Lipinski definition) is 3. The first-order valence-corrected chi connectivity index (χ1v) is 5.30. The van der Waals surface area contributed by atoms with Gasteiger partial charge >= 0.3 is 5.97 Å². The smallest absolute Gasteiger partial charge is 0.306 e. The van der Waals surface area contributed by atoms with E-state index in [-0.39, 0.29) is 18.4 Å². The Morgan fingerprint density at radius 2 is 2.21 bits per heavy atom. The van der Waals surface area contributed by atoms with E-state index >= 15 is 0 Å². The van der Waals surface area contributed by atoms with Gasteiger partial charge < -0.3 is 15.5 Å². The highest BCUT2D eigenvalue weighted by atomic mass is 16.4. The predicted molar refractivity (Wildman–Crippen MR) is 53.0 cm³/mol. The third-order valence-electron chi connectivity index (χ3n) is 2.89. The van der Waals surface area contributed by atoms with Crippen molar-refractivity contribution >= 4 is 5.97 Å². The lowest BCUT2D eigenvalue weighted by molar-refractivity contribution is -0.142. The van der Waals surface area contributed by atoms with Gasteiger partial charge in [-0.15, -0.1) is 0 Å². The zero-order chi connectivity index (χ0) is 10.4. The maximum atomic E-state index is 10.8. The van der Waals surface area contributed by atoms with Crippen LogP contribution in [0.15, 0.2) is 0 Å². The molecule has 3 N–H and O–H groups in total. The summed E-state index contributed by atoms with van der Waals surface area (Å²) in [5.74, 6) is -0.528. The zero-order valence-electron chi connectivity index (χ0n) is 8.41. The molecular formula is C10H19NO3. The van der Waals surface area contributed by atoms with Crippen LogP contribution in [0.5, 0.6) is 0 Å². The molecule has 1 aliphatic carbocycles. The summed E-state index contributed by atoms with van der Waals surface area (Å²) in [5, 5.41) is 20.7. The van der Waals surface area contributed by atoms with Gasteiger partial charge in [0.2, 0.25) is 0 Å². The first kappa shape index (κ1) is 11.5. The van der Waals surface area contributed by atoms with E-state index in [1.54, 1.807) is 0 Å². The molecule has 0 aromatic rings. The fraction of sp³-hybridized carbons (Fsp3) is 0.900. The molecule has 4 heteroatoms. The number of aliphatic carboxylic acids is 1. The van der Waals surface area contributed by atoms with Crippen molar-refractivity contribution in [2.45, 2.75) is 25.7 Å². The van der Waals surface area contributed by atoms with Crippen molar-refractivity contribution in [2.75, 3.05) is 19.7 Å². The van der Waals surface area contributed by atoms with E-state index in [2.05, 4.69) is 5.32 Å². The molecule has 0 aliphatic heterocycles. The zero-order valence-corrected chi connectivity index (χ0v) is 8.41. The van der Waals surface area contributed by atoms with Gasteiger partial charge in [0.05, 0.1) is 5.92 Å². The molecule has 0 saturated heterocycles. The van der Waals surface area contributed by atoms with Crippen molar-refractivity contribution < 1.29 is 15.0 Å². The SMILES string of the molecule is O=C(O)C1CCCC1CNCCCO. The highest BCUT2D eigenvalue weighted by Gasteiger charge is 2.32. The Labute approximate surface area is 84.3 Å². The molecule has 1 saturated carbocycles. The second-order valence-corrected chi connectivity index (χ2v) is 3.92. The topological polar surface area (TPSA) is 69.6 Å².